The van der Waals surface area contributed by atoms with Crippen LogP contribution in [0.1, 0.15) is 29.8 Å². The summed E-state index contributed by atoms with van der Waals surface area (Å²) in [5, 5.41) is 22.6. The van der Waals surface area contributed by atoms with Gasteiger partial charge in [0.15, 0.2) is 11.9 Å². The Labute approximate surface area is 160 Å². The van der Waals surface area contributed by atoms with Gasteiger partial charge in [0.2, 0.25) is 0 Å². The van der Waals surface area contributed by atoms with Gasteiger partial charge >= 0.3 is 11.7 Å². The predicted molar refractivity (Wildman–Crippen MR) is 98.9 cm³/mol. The van der Waals surface area contributed by atoms with Gasteiger partial charge in [0.05, 0.1) is 28.7 Å². The van der Waals surface area contributed by atoms with E-state index in [0.29, 0.717) is 11.3 Å². The Hall–Kier alpha value is -3.93. The molecule has 28 heavy (non-hydrogen) atoms. The summed E-state index contributed by atoms with van der Waals surface area (Å²) in [5.74, 6) is -1.46. The van der Waals surface area contributed by atoms with E-state index in [1.165, 1.54) is 25.1 Å². The van der Waals surface area contributed by atoms with Gasteiger partial charge in [0.1, 0.15) is 0 Å². The maximum atomic E-state index is 12.2. The number of benzene rings is 2. The predicted octanol–water partition coefficient (Wildman–Crippen LogP) is 3.05. The van der Waals surface area contributed by atoms with Gasteiger partial charge in [0, 0.05) is 11.8 Å². The molecule has 0 saturated carbocycles. The molecule has 0 bridgehead atoms. The molecule has 1 unspecified atom stereocenters. The molecular weight excluding hydrogens is 366 g/mol. The number of nitrogens with zero attached hydrogens (tertiary/aromatic N) is 2. The fourth-order valence-electron chi connectivity index (χ4n) is 2.26. The molecule has 9 nitrogen and oxygen atoms in total. The average Bonchev–Trinajstić information content (AvgIpc) is 2.68. The van der Waals surface area contributed by atoms with Crippen LogP contribution in [0.25, 0.3) is 0 Å². The topological polar surface area (TPSA) is 132 Å². The van der Waals surface area contributed by atoms with E-state index >= 15 is 0 Å². The zero-order chi connectivity index (χ0) is 20.7. The van der Waals surface area contributed by atoms with Gasteiger partial charge in [-0.25, -0.2) is 4.79 Å². The van der Waals surface area contributed by atoms with Crippen molar-refractivity contribution in [3.63, 3.8) is 0 Å². The minimum Gasteiger partial charge on any atom is -0.487 e. The van der Waals surface area contributed by atoms with E-state index in [2.05, 4.69) is 5.32 Å². The number of amides is 1. The molecule has 0 radical (unpaired) electrons. The van der Waals surface area contributed by atoms with E-state index in [9.17, 15) is 19.7 Å². The quantitative estimate of drug-likeness (QED) is 0.441. The van der Waals surface area contributed by atoms with Gasteiger partial charge in [0.25, 0.3) is 5.91 Å². The van der Waals surface area contributed by atoms with Crippen LogP contribution in [0.2, 0.25) is 0 Å². The van der Waals surface area contributed by atoms with E-state index in [0.717, 1.165) is 6.07 Å². The second kappa shape index (κ2) is 9.14. The Bertz CT molecular complexity index is 951. The smallest absolute Gasteiger partial charge is 0.339 e. The highest BCUT2D eigenvalue weighted by molar-refractivity contribution is 5.97. The van der Waals surface area contributed by atoms with Crippen LogP contribution in [-0.2, 0) is 9.53 Å². The number of nitriles is 1. The van der Waals surface area contributed by atoms with Crippen molar-refractivity contribution in [3.05, 3.63) is 63.7 Å². The van der Waals surface area contributed by atoms with Crippen LogP contribution < -0.4 is 10.1 Å². The Balaban J connectivity index is 2.08. The van der Waals surface area contributed by atoms with Crippen molar-refractivity contribution in [1.82, 2.24) is 0 Å². The van der Waals surface area contributed by atoms with Crippen molar-refractivity contribution in [3.8, 4) is 11.8 Å². The third kappa shape index (κ3) is 5.04. The van der Waals surface area contributed by atoms with Crippen LogP contribution in [-0.4, -0.2) is 29.5 Å². The summed E-state index contributed by atoms with van der Waals surface area (Å²) < 4.78 is 10.2. The molecule has 0 aliphatic heterocycles. The third-order valence-electron chi connectivity index (χ3n) is 3.60. The van der Waals surface area contributed by atoms with Crippen LogP contribution in [0.15, 0.2) is 42.5 Å². The molecule has 0 heterocycles. The highest BCUT2D eigenvalue weighted by Crippen LogP contribution is 2.28. The fraction of sp³-hybridized carbons (Fsp3) is 0.211. The second-order valence-corrected chi connectivity index (χ2v) is 5.60. The lowest BCUT2D eigenvalue weighted by atomic mass is 10.2. The summed E-state index contributed by atoms with van der Waals surface area (Å²) in [5.41, 5.74) is 0.288. The zero-order valence-corrected chi connectivity index (χ0v) is 15.2. The van der Waals surface area contributed by atoms with E-state index in [1.54, 1.807) is 25.1 Å². The first-order valence-corrected chi connectivity index (χ1v) is 8.29. The second-order valence-electron chi connectivity index (χ2n) is 5.60. The number of hydrogen-bond acceptors (Lipinski definition) is 7. The first kappa shape index (κ1) is 20.4. The van der Waals surface area contributed by atoms with Gasteiger partial charge in [-0.05, 0) is 44.2 Å². The Morgan fingerprint density at radius 1 is 1.29 bits per heavy atom. The lowest BCUT2D eigenvalue weighted by Gasteiger charge is -2.14. The van der Waals surface area contributed by atoms with Gasteiger partial charge in [-0.3, -0.25) is 14.9 Å². The summed E-state index contributed by atoms with van der Waals surface area (Å²) in [6.07, 6.45) is -1.16. The number of ether oxygens (including phenoxy) is 2. The van der Waals surface area contributed by atoms with Crippen LogP contribution >= 0.6 is 0 Å². The molecule has 2 rings (SSSR count). The molecule has 2 aromatic rings. The molecule has 0 aliphatic rings. The van der Waals surface area contributed by atoms with Crippen molar-refractivity contribution < 1.29 is 24.0 Å². The molecule has 1 N–H and O–H groups in total. The summed E-state index contributed by atoms with van der Waals surface area (Å²) in [4.78, 5) is 34.9. The van der Waals surface area contributed by atoms with E-state index in [-0.39, 0.29) is 23.6 Å². The van der Waals surface area contributed by atoms with Crippen LogP contribution in [0, 0.1) is 21.4 Å². The number of esters is 1. The molecule has 9 heteroatoms. The van der Waals surface area contributed by atoms with Crippen molar-refractivity contribution in [2.24, 2.45) is 0 Å². The van der Waals surface area contributed by atoms with Gasteiger partial charge in [-0.2, -0.15) is 5.26 Å². The zero-order valence-electron chi connectivity index (χ0n) is 15.2. The standard InChI is InChI=1S/C19H17N3O6/c1-3-27-17-8-7-14(10-16(17)22(25)26)19(24)28-12(2)18(23)21-15-6-4-5-13(9-15)11-20/h4-10,12H,3H2,1-2H3,(H,21,23). The molecule has 0 spiro atoms. The molecule has 0 aliphatic carbocycles. The van der Waals surface area contributed by atoms with Crippen molar-refractivity contribution in [2.45, 2.75) is 20.0 Å². The summed E-state index contributed by atoms with van der Waals surface area (Å²) in [6.45, 7) is 3.28. The van der Waals surface area contributed by atoms with Crippen LogP contribution in [0.3, 0.4) is 0 Å². The lowest BCUT2D eigenvalue weighted by molar-refractivity contribution is -0.385. The first-order chi connectivity index (χ1) is 13.3. The molecule has 2 aromatic carbocycles. The Morgan fingerprint density at radius 2 is 2.04 bits per heavy atom. The number of carbonyl (C=O) groups excluding carboxylic acids is 2. The first-order valence-electron chi connectivity index (χ1n) is 8.29. The molecule has 0 aromatic heterocycles. The highest BCUT2D eigenvalue weighted by Gasteiger charge is 2.23. The van der Waals surface area contributed by atoms with Crippen LogP contribution in [0.5, 0.6) is 5.75 Å². The Morgan fingerprint density at radius 3 is 2.68 bits per heavy atom. The number of nitro groups is 1. The van der Waals surface area contributed by atoms with E-state index in [1.807, 2.05) is 6.07 Å². The largest absolute Gasteiger partial charge is 0.487 e. The van der Waals surface area contributed by atoms with E-state index in [4.69, 9.17) is 14.7 Å². The summed E-state index contributed by atoms with van der Waals surface area (Å²) >= 11 is 0. The SMILES string of the molecule is CCOc1ccc(C(=O)OC(C)C(=O)Nc2cccc(C#N)c2)cc1[N+](=O)[O-]. The van der Waals surface area contributed by atoms with Crippen molar-refractivity contribution in [1.29, 1.82) is 5.26 Å². The summed E-state index contributed by atoms with van der Waals surface area (Å²) in [7, 11) is 0. The maximum Gasteiger partial charge on any atom is 0.339 e. The molecule has 0 fully saturated rings. The minimum absolute atomic E-state index is 0.0345. The lowest BCUT2D eigenvalue weighted by Crippen LogP contribution is -2.30. The molecule has 1 amide bonds. The minimum atomic E-state index is -1.16. The summed E-state index contributed by atoms with van der Waals surface area (Å²) in [6, 6.07) is 11.9. The number of hydrogen-bond donors (Lipinski definition) is 1. The fourth-order valence-corrected chi connectivity index (χ4v) is 2.26. The van der Waals surface area contributed by atoms with Gasteiger partial charge in [-0.1, -0.05) is 6.07 Å². The Kier molecular flexibility index (Phi) is 6.65. The van der Waals surface area contributed by atoms with Crippen LogP contribution in [0.4, 0.5) is 11.4 Å². The number of rotatable bonds is 7. The average molecular weight is 383 g/mol. The van der Waals surface area contributed by atoms with Gasteiger partial charge < -0.3 is 14.8 Å². The van der Waals surface area contributed by atoms with Crippen molar-refractivity contribution in [2.75, 3.05) is 11.9 Å². The maximum absolute atomic E-state index is 12.2. The molecule has 0 saturated heterocycles. The monoisotopic (exact) mass is 383 g/mol. The number of carbonyl (C=O) groups is 2. The number of nitrogens with one attached hydrogen (secondary N) is 1. The number of nitro benzene ring substituents is 1. The molecular formula is C19H17N3O6. The van der Waals surface area contributed by atoms with Gasteiger partial charge in [-0.15, -0.1) is 0 Å². The van der Waals surface area contributed by atoms with E-state index < -0.39 is 22.9 Å². The third-order valence-corrected chi connectivity index (χ3v) is 3.60. The molecule has 1 atom stereocenters. The number of anilines is 1. The molecule has 144 valence electrons. The normalized spacial score (nSPS) is 11.0. The highest BCUT2D eigenvalue weighted by atomic mass is 16.6. The van der Waals surface area contributed by atoms with Crippen molar-refractivity contribution >= 4 is 23.3 Å².